The third kappa shape index (κ3) is 4.60. The average Bonchev–Trinajstić information content (AvgIpc) is 3.23. The Morgan fingerprint density at radius 2 is 1.84 bits per heavy atom. The van der Waals surface area contributed by atoms with E-state index in [0.29, 0.717) is 17.9 Å². The number of pyridine rings is 1. The van der Waals surface area contributed by atoms with E-state index in [4.69, 9.17) is 0 Å². The van der Waals surface area contributed by atoms with Crippen molar-refractivity contribution in [1.82, 2.24) is 14.5 Å². The molecule has 0 aromatic heterocycles. The summed E-state index contributed by atoms with van der Waals surface area (Å²) in [7, 11) is -1.50. The Morgan fingerprint density at radius 1 is 1.09 bits per heavy atom. The number of benzene rings is 2. The van der Waals surface area contributed by atoms with Gasteiger partial charge in [0, 0.05) is 11.9 Å². The lowest BCUT2D eigenvalue weighted by Gasteiger charge is -2.21. The van der Waals surface area contributed by atoms with Gasteiger partial charge in [-0.05, 0) is 54.8 Å². The molecule has 8 heteroatoms. The van der Waals surface area contributed by atoms with Crippen LogP contribution in [0.2, 0.25) is 0 Å². The lowest BCUT2D eigenvalue weighted by Crippen LogP contribution is -2.27. The number of para-hydroxylation sites is 1. The molecular weight excluding hydrogens is 427 g/mol. The van der Waals surface area contributed by atoms with Crippen LogP contribution in [0.3, 0.4) is 0 Å². The highest BCUT2D eigenvalue weighted by molar-refractivity contribution is 7.84. The molecule has 0 radical (unpaired) electrons. The van der Waals surface area contributed by atoms with E-state index >= 15 is 0 Å². The average molecular weight is 451 g/mol. The molecule has 2 aliphatic heterocycles. The summed E-state index contributed by atoms with van der Waals surface area (Å²) in [5.41, 5.74) is 3.04. The number of rotatable bonds is 7. The molecule has 0 aliphatic carbocycles. The number of hydrogen-bond donors (Lipinski definition) is 1. The zero-order chi connectivity index (χ0) is 22.7. The normalized spacial score (nSPS) is 13.1. The number of halogens is 1. The van der Waals surface area contributed by atoms with Crippen LogP contribution in [0.25, 0.3) is 11.5 Å². The van der Waals surface area contributed by atoms with Crippen LogP contribution in [0.15, 0.2) is 72.0 Å². The monoisotopic (exact) mass is 450 g/mol. The molecule has 0 fully saturated rings. The van der Waals surface area contributed by atoms with Crippen LogP contribution < -0.4 is 5.32 Å². The minimum atomic E-state index is -1.50. The zero-order valence-electron chi connectivity index (χ0n) is 17.8. The van der Waals surface area contributed by atoms with E-state index in [-0.39, 0.29) is 22.6 Å². The van der Waals surface area contributed by atoms with Gasteiger partial charge in [-0.2, -0.15) is 0 Å². The number of hydrogen-bond acceptors (Lipinski definition) is 4. The van der Waals surface area contributed by atoms with Crippen molar-refractivity contribution in [3.05, 3.63) is 83.8 Å². The van der Waals surface area contributed by atoms with Gasteiger partial charge in [-0.3, -0.25) is 9.00 Å². The molecule has 2 atom stereocenters. The lowest BCUT2D eigenvalue weighted by atomic mass is 10.1. The molecule has 164 valence electrons. The number of nitrogens with zero attached hydrogens (tertiary/aromatic N) is 3. The maximum absolute atomic E-state index is 13.1. The van der Waals surface area contributed by atoms with Crippen molar-refractivity contribution in [2.45, 2.75) is 37.2 Å². The van der Waals surface area contributed by atoms with E-state index in [2.05, 4.69) is 15.3 Å². The van der Waals surface area contributed by atoms with E-state index in [1.807, 2.05) is 38.1 Å². The van der Waals surface area contributed by atoms with Gasteiger partial charge in [0.25, 0.3) is 0 Å². The number of aromatic nitrogens is 3. The minimum Gasteiger partial charge on any atom is -0.324 e. The molecule has 32 heavy (non-hydrogen) atoms. The fraction of sp³-hybridized carbons (Fsp3) is 0.208. The van der Waals surface area contributed by atoms with E-state index in [0.717, 1.165) is 16.8 Å². The van der Waals surface area contributed by atoms with Crippen LogP contribution in [0.1, 0.15) is 30.5 Å². The van der Waals surface area contributed by atoms with Gasteiger partial charge in [0.2, 0.25) is 11.1 Å². The first-order valence-corrected chi connectivity index (χ1v) is 11.6. The fourth-order valence-corrected chi connectivity index (χ4v) is 4.53. The largest absolute Gasteiger partial charge is 0.324 e. The van der Waals surface area contributed by atoms with Crippen molar-refractivity contribution in [1.29, 1.82) is 0 Å². The molecule has 4 rings (SSSR count). The maximum atomic E-state index is 13.1. The molecule has 2 heterocycles. The smallest absolute Gasteiger partial charge is 0.247 e. The Morgan fingerprint density at radius 3 is 2.56 bits per heavy atom. The summed E-state index contributed by atoms with van der Waals surface area (Å²) in [5, 5.41) is 3.19. The number of nitrogens with one attached hydrogen (secondary N) is 1. The summed E-state index contributed by atoms with van der Waals surface area (Å²) >= 11 is 0. The Bertz CT molecular complexity index is 1240. The van der Waals surface area contributed by atoms with Crippen molar-refractivity contribution in [2.75, 3.05) is 5.32 Å². The van der Waals surface area contributed by atoms with E-state index in [9.17, 15) is 13.4 Å². The van der Waals surface area contributed by atoms with Gasteiger partial charge in [0.15, 0.2) is 5.82 Å². The lowest BCUT2D eigenvalue weighted by molar-refractivity contribution is -0.119. The summed E-state index contributed by atoms with van der Waals surface area (Å²) in [6.45, 7) is 3.87. The van der Waals surface area contributed by atoms with Gasteiger partial charge in [-0.1, -0.05) is 37.3 Å². The van der Waals surface area contributed by atoms with Crippen LogP contribution in [-0.4, -0.2) is 24.7 Å². The van der Waals surface area contributed by atoms with Crippen LogP contribution >= 0.6 is 0 Å². The first-order valence-electron chi connectivity index (χ1n) is 10.3. The van der Waals surface area contributed by atoms with Crippen molar-refractivity contribution in [3.8, 4) is 11.5 Å². The second-order valence-corrected chi connectivity index (χ2v) is 8.82. The van der Waals surface area contributed by atoms with Gasteiger partial charge in [0.1, 0.15) is 17.6 Å². The molecule has 2 aromatic rings. The summed E-state index contributed by atoms with van der Waals surface area (Å²) in [5.74, 6) is 0.185. The quantitative estimate of drug-likeness (QED) is 0.442. The molecule has 1 N–H and O–H groups in total. The van der Waals surface area contributed by atoms with Gasteiger partial charge >= 0.3 is 0 Å². The van der Waals surface area contributed by atoms with Crippen molar-refractivity contribution < 1.29 is 13.4 Å². The molecule has 2 aromatic carbocycles. The molecule has 6 nitrogen and oxygen atoms in total. The third-order valence-corrected chi connectivity index (χ3v) is 6.42. The molecule has 0 spiro atoms. The molecule has 1 amide bonds. The summed E-state index contributed by atoms with van der Waals surface area (Å²) < 4.78 is 27.7. The number of fused-ring (bicyclic) bond motifs is 1. The minimum absolute atomic E-state index is 0.156. The highest BCUT2D eigenvalue weighted by Crippen LogP contribution is 2.27. The molecule has 2 aliphatic rings. The van der Waals surface area contributed by atoms with E-state index < -0.39 is 16.8 Å². The molecular formula is C24H23FN4O2S. The number of aryl methyl sites for hydroxylation is 1. The number of amides is 1. The second kappa shape index (κ2) is 9.40. The summed E-state index contributed by atoms with van der Waals surface area (Å²) in [4.78, 5) is 22.0. The van der Waals surface area contributed by atoms with Gasteiger partial charge < -0.3 is 9.88 Å². The second-order valence-electron chi connectivity index (χ2n) is 7.48. The Kier molecular flexibility index (Phi) is 6.41. The van der Waals surface area contributed by atoms with E-state index in [1.165, 1.54) is 12.1 Å². The standard InChI is InChI=1S/C24H23FN4O2S/c1-3-21(23(30)26-19-8-5-4-7-16(19)2)29-14-6-9-20-22(29)28-24(27-20)32(31)15-17-10-12-18(25)13-11-17/h4-14,21H,3,15H2,1-2H3,(H,26,30). The SMILES string of the molecule is CCC(C(=O)Nc1ccccc1C)n1cccc2nc(S(=O)Cc3ccc(F)cc3)nc1-2. The van der Waals surface area contributed by atoms with Crippen molar-refractivity contribution in [2.24, 2.45) is 0 Å². The highest BCUT2D eigenvalue weighted by atomic mass is 32.2. The molecule has 0 saturated carbocycles. The summed E-state index contributed by atoms with van der Waals surface area (Å²) in [6, 6.07) is 16.5. The van der Waals surface area contributed by atoms with Crippen LogP contribution in [0, 0.1) is 12.7 Å². The molecule has 2 unspecified atom stereocenters. The van der Waals surface area contributed by atoms with E-state index in [1.54, 1.807) is 35.0 Å². The van der Waals surface area contributed by atoms with Gasteiger partial charge in [0.05, 0.1) is 16.6 Å². The first-order chi connectivity index (χ1) is 15.5. The Hall–Kier alpha value is -3.39. The predicted molar refractivity (Wildman–Crippen MR) is 122 cm³/mol. The zero-order valence-corrected chi connectivity index (χ0v) is 18.6. The van der Waals surface area contributed by atoms with Crippen molar-refractivity contribution >= 4 is 22.4 Å². The number of anilines is 1. The first kappa shape index (κ1) is 21.8. The number of imidazole rings is 1. The summed E-state index contributed by atoms with van der Waals surface area (Å²) in [6.07, 6.45) is 2.33. The van der Waals surface area contributed by atoms with Crippen molar-refractivity contribution in [3.63, 3.8) is 0 Å². The van der Waals surface area contributed by atoms with Gasteiger partial charge in [-0.25, -0.2) is 14.4 Å². The predicted octanol–water partition coefficient (Wildman–Crippen LogP) is 4.73. The molecule has 0 saturated heterocycles. The number of carbonyl (C=O) groups excluding carboxylic acids is 1. The highest BCUT2D eigenvalue weighted by Gasteiger charge is 2.25. The Labute approximate surface area is 188 Å². The van der Waals surface area contributed by atoms with Crippen LogP contribution in [0.4, 0.5) is 10.1 Å². The topological polar surface area (TPSA) is 76.9 Å². The third-order valence-electron chi connectivity index (χ3n) is 5.23. The van der Waals surface area contributed by atoms with Crippen LogP contribution in [0.5, 0.6) is 0 Å². The maximum Gasteiger partial charge on any atom is 0.247 e. The van der Waals surface area contributed by atoms with Crippen LogP contribution in [-0.2, 0) is 21.3 Å². The van der Waals surface area contributed by atoms with Gasteiger partial charge in [-0.15, -0.1) is 0 Å². The Balaban J connectivity index is 1.60. The fourth-order valence-electron chi connectivity index (χ4n) is 3.51. The molecule has 0 bridgehead atoms. The number of carbonyl (C=O) groups is 1.